The van der Waals surface area contributed by atoms with Crippen molar-refractivity contribution in [2.45, 2.75) is 64.3 Å². The Morgan fingerprint density at radius 3 is 2.35 bits per heavy atom. The van der Waals surface area contributed by atoms with Crippen LogP contribution in [0, 0.1) is 19.3 Å². The Kier molecular flexibility index (Phi) is 8.52. The Morgan fingerprint density at radius 1 is 1.10 bits per heavy atom. The topological polar surface area (TPSA) is 84.3 Å². The lowest BCUT2D eigenvalue weighted by Crippen LogP contribution is -2.57. The van der Waals surface area contributed by atoms with Gasteiger partial charge in [-0.3, -0.25) is 4.79 Å². The highest BCUT2D eigenvalue weighted by Crippen LogP contribution is 2.49. The van der Waals surface area contributed by atoms with Crippen LogP contribution in [0.25, 0.3) is 0 Å². The van der Waals surface area contributed by atoms with E-state index in [0.717, 1.165) is 23.3 Å². The van der Waals surface area contributed by atoms with Crippen LogP contribution in [-0.4, -0.2) is 76.2 Å². The molecule has 10 heteroatoms. The minimum absolute atomic E-state index is 0.118. The van der Waals surface area contributed by atoms with Gasteiger partial charge in [0.05, 0.1) is 29.1 Å². The van der Waals surface area contributed by atoms with Crippen molar-refractivity contribution in [2.24, 2.45) is 5.41 Å². The van der Waals surface area contributed by atoms with Crippen LogP contribution in [0.5, 0.6) is 0 Å². The molecular formula is C30H38F3N3O4. The molecule has 2 saturated heterocycles. The number of carbonyl (C=O) groups is 2. The van der Waals surface area contributed by atoms with Gasteiger partial charge in [-0.05, 0) is 68.9 Å². The summed E-state index contributed by atoms with van der Waals surface area (Å²) in [5, 5.41) is 19.5. The fraction of sp³-hybridized carbons (Fsp3) is 0.533. The zero-order valence-corrected chi connectivity index (χ0v) is 23.4. The Bertz CT molecular complexity index is 1240. The van der Waals surface area contributed by atoms with Crippen molar-refractivity contribution in [3.05, 3.63) is 70.3 Å². The van der Waals surface area contributed by atoms with Crippen molar-refractivity contribution in [1.29, 1.82) is 0 Å². The summed E-state index contributed by atoms with van der Waals surface area (Å²) in [6.45, 7) is 5.40. The lowest BCUT2D eigenvalue weighted by atomic mass is 9.77. The lowest BCUT2D eigenvalue weighted by Gasteiger charge is -2.47. The zero-order chi connectivity index (χ0) is 29.4. The van der Waals surface area contributed by atoms with Gasteiger partial charge < -0.3 is 24.9 Å². The van der Waals surface area contributed by atoms with E-state index in [1.54, 1.807) is 36.8 Å². The third-order valence-corrected chi connectivity index (χ3v) is 8.72. The first-order valence-electron chi connectivity index (χ1n) is 13.6. The summed E-state index contributed by atoms with van der Waals surface area (Å²) < 4.78 is 40.5. The molecule has 0 radical (unpaired) electrons. The number of aryl methyl sites for hydroxylation is 2. The summed E-state index contributed by atoms with van der Waals surface area (Å²) in [6, 6.07) is 9.65. The van der Waals surface area contributed by atoms with Crippen LogP contribution in [0.4, 0.5) is 18.0 Å². The van der Waals surface area contributed by atoms with Gasteiger partial charge in [0.25, 0.3) is 0 Å². The molecule has 2 N–H and O–H groups in total. The summed E-state index contributed by atoms with van der Waals surface area (Å²) in [4.78, 5) is 32.7. The maximum Gasteiger partial charge on any atom is 0.416 e. The smallest absolute Gasteiger partial charge is 0.396 e. The number of nitrogens with zero attached hydrogens (tertiary/aromatic N) is 3. The molecule has 0 saturated carbocycles. The predicted molar refractivity (Wildman–Crippen MR) is 144 cm³/mol. The summed E-state index contributed by atoms with van der Waals surface area (Å²) in [5.41, 5.74) is 1.01. The number of amides is 3. The molecule has 3 amide bonds. The van der Waals surface area contributed by atoms with Crippen LogP contribution in [0.2, 0.25) is 0 Å². The number of halogens is 3. The van der Waals surface area contributed by atoms with E-state index in [9.17, 15) is 33.0 Å². The Labute approximate surface area is 233 Å². The Balaban J connectivity index is 1.71. The molecule has 2 aliphatic heterocycles. The van der Waals surface area contributed by atoms with E-state index in [0.29, 0.717) is 24.1 Å². The molecule has 40 heavy (non-hydrogen) atoms. The molecule has 2 aromatic carbocycles. The van der Waals surface area contributed by atoms with Gasteiger partial charge in [0, 0.05) is 33.4 Å². The first-order valence-corrected chi connectivity index (χ1v) is 13.6. The predicted octanol–water partition coefficient (Wildman–Crippen LogP) is 4.84. The van der Waals surface area contributed by atoms with E-state index in [4.69, 9.17) is 0 Å². The first kappa shape index (κ1) is 29.9. The van der Waals surface area contributed by atoms with E-state index in [1.165, 1.54) is 4.90 Å². The molecule has 2 aliphatic rings. The second kappa shape index (κ2) is 11.4. The van der Waals surface area contributed by atoms with Crippen LogP contribution in [0.15, 0.2) is 42.5 Å². The first-order chi connectivity index (χ1) is 18.8. The van der Waals surface area contributed by atoms with Crippen LogP contribution in [-0.2, 0) is 11.0 Å². The van der Waals surface area contributed by atoms with Gasteiger partial charge in [-0.25, -0.2) is 4.79 Å². The van der Waals surface area contributed by atoms with E-state index in [1.807, 2.05) is 31.2 Å². The van der Waals surface area contributed by atoms with Crippen LogP contribution < -0.4 is 0 Å². The Hall–Kier alpha value is -3.11. The summed E-state index contributed by atoms with van der Waals surface area (Å²) >= 11 is 0. The van der Waals surface area contributed by atoms with Gasteiger partial charge in [0.2, 0.25) is 5.91 Å². The molecule has 0 aromatic heterocycles. The van der Waals surface area contributed by atoms with Gasteiger partial charge in [-0.1, -0.05) is 35.9 Å². The third kappa shape index (κ3) is 5.43. The average molecular weight is 562 g/mol. The van der Waals surface area contributed by atoms with Crippen molar-refractivity contribution in [3.8, 4) is 0 Å². The minimum atomic E-state index is -4.50. The fourth-order valence-corrected chi connectivity index (χ4v) is 6.45. The molecule has 0 aliphatic carbocycles. The molecular weight excluding hydrogens is 523 g/mol. The van der Waals surface area contributed by atoms with E-state index < -0.39 is 29.2 Å². The summed E-state index contributed by atoms with van der Waals surface area (Å²) in [5.74, 6) is -0.118. The number of benzene rings is 2. The highest BCUT2D eigenvalue weighted by Gasteiger charge is 2.56. The maximum absolute atomic E-state index is 14.1. The number of urea groups is 1. The maximum atomic E-state index is 14.1. The van der Waals surface area contributed by atoms with Gasteiger partial charge in [-0.15, -0.1) is 0 Å². The quantitative estimate of drug-likeness (QED) is 0.507. The van der Waals surface area contributed by atoms with Gasteiger partial charge >= 0.3 is 12.2 Å². The number of alkyl halides is 3. The number of fused-ring (bicyclic) bond motifs is 1. The standard InChI is InChI=1S/C30H38F3N3O4/c1-19-15-22(17-23(16-19)30(31,32)33)21(3)34(4)28(40)36-12-11-35-25(26(36)24-8-6-5-7-20(24)2)18-29(9-13-37,10-14-38)27(35)39/h5-8,15-17,21,25-26,37-38H,9-14,18H2,1-4H3/t21-,25+,26?/m1/s1. The molecule has 2 aromatic rings. The summed E-state index contributed by atoms with van der Waals surface area (Å²) in [6.07, 6.45) is -3.68. The van der Waals surface area contributed by atoms with Crippen LogP contribution in [0.1, 0.15) is 66.1 Å². The number of rotatable bonds is 7. The number of aliphatic hydroxyl groups excluding tert-OH is 2. The third-order valence-electron chi connectivity index (χ3n) is 8.72. The highest BCUT2D eigenvalue weighted by molar-refractivity contribution is 5.86. The molecule has 218 valence electrons. The number of hydrogen-bond donors (Lipinski definition) is 2. The van der Waals surface area contributed by atoms with Gasteiger partial charge in [-0.2, -0.15) is 13.2 Å². The molecule has 2 heterocycles. The molecule has 7 nitrogen and oxygen atoms in total. The van der Waals surface area contributed by atoms with Crippen molar-refractivity contribution in [2.75, 3.05) is 33.4 Å². The van der Waals surface area contributed by atoms with Gasteiger partial charge in [0.15, 0.2) is 0 Å². The normalized spacial score (nSPS) is 21.4. The van der Waals surface area contributed by atoms with E-state index in [-0.39, 0.29) is 50.6 Å². The Morgan fingerprint density at radius 2 is 1.75 bits per heavy atom. The molecule has 4 rings (SSSR count). The molecule has 0 spiro atoms. The second-order valence-electron chi connectivity index (χ2n) is 11.2. The van der Waals surface area contributed by atoms with E-state index in [2.05, 4.69) is 0 Å². The van der Waals surface area contributed by atoms with Crippen LogP contribution in [0.3, 0.4) is 0 Å². The molecule has 2 fully saturated rings. The number of carbonyl (C=O) groups excluding carboxylic acids is 2. The van der Waals surface area contributed by atoms with E-state index >= 15 is 0 Å². The lowest BCUT2D eigenvalue weighted by molar-refractivity contribution is -0.140. The zero-order valence-electron chi connectivity index (χ0n) is 23.4. The molecule has 0 bridgehead atoms. The second-order valence-corrected chi connectivity index (χ2v) is 11.2. The molecule has 3 atom stereocenters. The van der Waals surface area contributed by atoms with Crippen molar-refractivity contribution < 1.29 is 33.0 Å². The average Bonchev–Trinajstić information content (AvgIpc) is 3.18. The van der Waals surface area contributed by atoms with Crippen molar-refractivity contribution in [1.82, 2.24) is 14.7 Å². The van der Waals surface area contributed by atoms with Crippen molar-refractivity contribution >= 4 is 11.9 Å². The van der Waals surface area contributed by atoms with Crippen LogP contribution >= 0.6 is 0 Å². The molecule has 1 unspecified atom stereocenters. The fourth-order valence-electron chi connectivity index (χ4n) is 6.45. The van der Waals surface area contributed by atoms with Gasteiger partial charge in [0.1, 0.15) is 0 Å². The largest absolute Gasteiger partial charge is 0.416 e. The SMILES string of the molecule is Cc1cc([C@@H](C)N(C)C(=O)N2CCN3C(=O)C(CCO)(CCO)C[C@H]3C2c2ccccc2C)cc(C(F)(F)F)c1. The number of aliphatic hydroxyl groups is 2. The van der Waals surface area contributed by atoms with Crippen molar-refractivity contribution in [3.63, 3.8) is 0 Å². The monoisotopic (exact) mass is 561 g/mol. The number of piperazine rings is 1. The highest BCUT2D eigenvalue weighted by atomic mass is 19.4. The minimum Gasteiger partial charge on any atom is -0.396 e. The summed E-state index contributed by atoms with van der Waals surface area (Å²) in [7, 11) is 1.59. The number of hydrogen-bond acceptors (Lipinski definition) is 4.